The van der Waals surface area contributed by atoms with Gasteiger partial charge in [0.2, 0.25) is 5.91 Å². The Labute approximate surface area is 156 Å². The molecule has 0 spiro atoms. The van der Waals surface area contributed by atoms with Crippen LogP contribution in [-0.2, 0) is 11.3 Å². The van der Waals surface area contributed by atoms with Crippen LogP contribution in [0.1, 0.15) is 31.7 Å². The molecule has 1 saturated heterocycles. The number of aromatic nitrogens is 1. The van der Waals surface area contributed by atoms with Gasteiger partial charge in [-0.05, 0) is 24.1 Å². The molecule has 0 saturated carbocycles. The molecule has 1 aromatic heterocycles. The predicted octanol–water partition coefficient (Wildman–Crippen LogP) is 3.53. The van der Waals surface area contributed by atoms with Crippen molar-refractivity contribution >= 4 is 17.4 Å². The molecule has 3 rings (SSSR count). The van der Waals surface area contributed by atoms with Gasteiger partial charge in [-0.15, -0.1) is 0 Å². The summed E-state index contributed by atoms with van der Waals surface area (Å²) in [6.45, 7) is 7.11. The molecule has 1 amide bonds. The number of carbonyl (C=O) groups is 1. The number of carbonyl (C=O) groups excluding carboxylic acids is 1. The Kier molecular flexibility index (Phi) is 6.61. The first kappa shape index (κ1) is 18.4. The van der Waals surface area contributed by atoms with Gasteiger partial charge >= 0.3 is 0 Å². The Balaban J connectivity index is 1.47. The Bertz CT molecular complexity index is 679. The van der Waals surface area contributed by atoms with Crippen LogP contribution >= 0.6 is 0 Å². The smallest absolute Gasteiger partial charge is 0.224 e. The molecule has 0 radical (unpaired) electrons. The maximum absolute atomic E-state index is 11.8. The number of rotatable bonds is 7. The highest BCUT2D eigenvalue weighted by atomic mass is 16.1. The van der Waals surface area contributed by atoms with E-state index in [0.717, 1.165) is 57.1 Å². The highest BCUT2D eigenvalue weighted by Crippen LogP contribution is 2.17. The number of piperazine rings is 1. The van der Waals surface area contributed by atoms with Crippen LogP contribution in [0.15, 0.2) is 48.7 Å². The minimum absolute atomic E-state index is 0.0657. The van der Waals surface area contributed by atoms with Crippen LogP contribution in [0, 0.1) is 0 Å². The molecule has 1 aromatic carbocycles. The van der Waals surface area contributed by atoms with Crippen molar-refractivity contribution in [2.75, 3.05) is 36.4 Å². The maximum atomic E-state index is 11.8. The van der Waals surface area contributed by atoms with Crippen molar-refractivity contribution in [2.45, 2.75) is 32.7 Å². The molecule has 2 aromatic rings. The molecule has 1 fully saturated rings. The van der Waals surface area contributed by atoms with Crippen molar-refractivity contribution in [1.29, 1.82) is 0 Å². The van der Waals surface area contributed by atoms with Crippen LogP contribution in [0.25, 0.3) is 0 Å². The van der Waals surface area contributed by atoms with Gasteiger partial charge in [0.25, 0.3) is 0 Å². The number of amides is 1. The molecule has 2 heterocycles. The van der Waals surface area contributed by atoms with E-state index in [1.165, 1.54) is 5.56 Å². The molecule has 1 aliphatic heterocycles. The minimum Gasteiger partial charge on any atom is -0.354 e. The quantitative estimate of drug-likeness (QED) is 0.828. The van der Waals surface area contributed by atoms with Crippen LogP contribution in [0.3, 0.4) is 0 Å². The van der Waals surface area contributed by atoms with E-state index in [9.17, 15) is 4.79 Å². The zero-order valence-electron chi connectivity index (χ0n) is 15.5. The molecule has 0 bridgehead atoms. The molecule has 0 atom stereocenters. The third-order valence-electron chi connectivity index (χ3n) is 4.73. The summed E-state index contributed by atoms with van der Waals surface area (Å²) in [5.41, 5.74) is 2.14. The second-order valence-corrected chi connectivity index (χ2v) is 6.81. The fourth-order valence-corrected chi connectivity index (χ4v) is 3.18. The number of pyridine rings is 1. The lowest BCUT2D eigenvalue weighted by Gasteiger charge is -2.35. The lowest BCUT2D eigenvalue weighted by atomic mass is 10.2. The molecule has 5 heteroatoms. The molecule has 0 unspecified atom stereocenters. The van der Waals surface area contributed by atoms with Gasteiger partial charge in [0.05, 0.1) is 11.9 Å². The van der Waals surface area contributed by atoms with Gasteiger partial charge in [0.15, 0.2) is 0 Å². The summed E-state index contributed by atoms with van der Waals surface area (Å²) in [4.78, 5) is 21.1. The normalized spacial score (nSPS) is 15.0. The van der Waals surface area contributed by atoms with Crippen LogP contribution in [-0.4, -0.2) is 42.0 Å². The maximum Gasteiger partial charge on any atom is 0.224 e. The SMILES string of the molecule is CCCCC(=O)Nc1ccc(N2CCN(Cc3ccccc3)CC2)nc1. The van der Waals surface area contributed by atoms with Crippen molar-refractivity contribution < 1.29 is 4.79 Å². The topological polar surface area (TPSA) is 48.5 Å². The second kappa shape index (κ2) is 9.34. The van der Waals surface area contributed by atoms with E-state index in [-0.39, 0.29) is 5.91 Å². The lowest BCUT2D eigenvalue weighted by Crippen LogP contribution is -2.46. The number of hydrogen-bond acceptors (Lipinski definition) is 4. The average molecular weight is 352 g/mol. The summed E-state index contributed by atoms with van der Waals surface area (Å²) in [6, 6.07) is 14.6. The average Bonchev–Trinajstić information content (AvgIpc) is 2.68. The van der Waals surface area contributed by atoms with Crippen molar-refractivity contribution in [3.05, 3.63) is 54.2 Å². The molecular formula is C21H28N4O. The van der Waals surface area contributed by atoms with Gasteiger partial charge in [-0.2, -0.15) is 0 Å². The highest BCUT2D eigenvalue weighted by Gasteiger charge is 2.18. The number of nitrogens with one attached hydrogen (secondary N) is 1. The molecule has 138 valence electrons. The van der Waals surface area contributed by atoms with Crippen LogP contribution < -0.4 is 10.2 Å². The number of nitrogens with zero attached hydrogens (tertiary/aromatic N) is 3. The summed E-state index contributed by atoms with van der Waals surface area (Å²) in [5, 5.41) is 2.91. The van der Waals surface area contributed by atoms with Gasteiger partial charge in [0, 0.05) is 39.1 Å². The fourth-order valence-electron chi connectivity index (χ4n) is 3.18. The third-order valence-corrected chi connectivity index (χ3v) is 4.73. The van der Waals surface area contributed by atoms with Gasteiger partial charge in [-0.3, -0.25) is 9.69 Å². The van der Waals surface area contributed by atoms with Crippen LogP contribution in [0.2, 0.25) is 0 Å². The fraction of sp³-hybridized carbons (Fsp3) is 0.429. The zero-order chi connectivity index (χ0) is 18.2. The molecule has 26 heavy (non-hydrogen) atoms. The Morgan fingerprint density at radius 2 is 1.85 bits per heavy atom. The first-order valence-electron chi connectivity index (χ1n) is 9.51. The summed E-state index contributed by atoms with van der Waals surface area (Å²) in [5.74, 6) is 1.05. The van der Waals surface area contributed by atoms with Gasteiger partial charge in [-0.25, -0.2) is 4.98 Å². The third kappa shape index (κ3) is 5.30. The van der Waals surface area contributed by atoms with Gasteiger partial charge in [-0.1, -0.05) is 43.7 Å². The van der Waals surface area contributed by atoms with Gasteiger partial charge < -0.3 is 10.2 Å². The Morgan fingerprint density at radius 1 is 1.08 bits per heavy atom. The molecule has 1 N–H and O–H groups in total. The lowest BCUT2D eigenvalue weighted by molar-refractivity contribution is -0.116. The first-order valence-corrected chi connectivity index (χ1v) is 9.51. The van der Waals surface area contributed by atoms with Crippen molar-refractivity contribution in [3.8, 4) is 0 Å². The summed E-state index contributed by atoms with van der Waals surface area (Å²) < 4.78 is 0. The van der Waals surface area contributed by atoms with E-state index in [2.05, 4.69) is 57.4 Å². The van der Waals surface area contributed by atoms with Crippen molar-refractivity contribution in [2.24, 2.45) is 0 Å². The van der Waals surface area contributed by atoms with E-state index in [4.69, 9.17) is 0 Å². The molecule has 0 aliphatic carbocycles. The number of benzene rings is 1. The van der Waals surface area contributed by atoms with Crippen LogP contribution in [0.4, 0.5) is 11.5 Å². The van der Waals surface area contributed by atoms with E-state index in [0.29, 0.717) is 6.42 Å². The second-order valence-electron chi connectivity index (χ2n) is 6.81. The molecular weight excluding hydrogens is 324 g/mol. The Hall–Kier alpha value is -2.40. The molecule has 1 aliphatic rings. The Morgan fingerprint density at radius 3 is 2.50 bits per heavy atom. The van der Waals surface area contributed by atoms with Crippen molar-refractivity contribution in [1.82, 2.24) is 9.88 Å². The number of unbranched alkanes of at least 4 members (excludes halogenated alkanes) is 1. The molecule has 5 nitrogen and oxygen atoms in total. The summed E-state index contributed by atoms with van der Waals surface area (Å²) in [6.07, 6.45) is 4.28. The summed E-state index contributed by atoms with van der Waals surface area (Å²) in [7, 11) is 0. The van der Waals surface area contributed by atoms with E-state index in [1.54, 1.807) is 6.20 Å². The standard InChI is InChI=1S/C21H28N4O/c1-2-3-9-21(26)23-19-10-11-20(22-16-19)25-14-12-24(13-15-25)17-18-7-5-4-6-8-18/h4-8,10-11,16H,2-3,9,12-15,17H2,1H3,(H,23,26). The number of hydrogen-bond donors (Lipinski definition) is 1. The monoisotopic (exact) mass is 352 g/mol. The van der Waals surface area contributed by atoms with Gasteiger partial charge in [0.1, 0.15) is 5.82 Å². The van der Waals surface area contributed by atoms with E-state index in [1.807, 2.05) is 12.1 Å². The zero-order valence-corrected chi connectivity index (χ0v) is 15.5. The minimum atomic E-state index is 0.0657. The van der Waals surface area contributed by atoms with Crippen molar-refractivity contribution in [3.63, 3.8) is 0 Å². The first-order chi connectivity index (χ1) is 12.7. The highest BCUT2D eigenvalue weighted by molar-refractivity contribution is 5.90. The van der Waals surface area contributed by atoms with Crippen LogP contribution in [0.5, 0.6) is 0 Å². The summed E-state index contributed by atoms with van der Waals surface area (Å²) >= 11 is 0. The predicted molar refractivity (Wildman–Crippen MR) is 106 cm³/mol. The number of anilines is 2. The van der Waals surface area contributed by atoms with E-state index >= 15 is 0 Å². The largest absolute Gasteiger partial charge is 0.354 e. The van der Waals surface area contributed by atoms with E-state index < -0.39 is 0 Å².